The molecule has 0 saturated carbocycles. The number of benzene rings is 1. The average Bonchev–Trinajstić information content (AvgIpc) is 2.60. The van der Waals surface area contributed by atoms with Gasteiger partial charge in [0.25, 0.3) is 5.69 Å². The third kappa shape index (κ3) is 1.53. The summed E-state index contributed by atoms with van der Waals surface area (Å²) in [5.41, 5.74) is 0.0581. The van der Waals surface area contributed by atoms with Crippen molar-refractivity contribution in [2.45, 2.75) is 0 Å². The van der Waals surface area contributed by atoms with E-state index in [9.17, 15) is 10.1 Å². The van der Waals surface area contributed by atoms with Gasteiger partial charge in [0.2, 0.25) is 0 Å². The van der Waals surface area contributed by atoms with E-state index in [1.54, 1.807) is 11.4 Å². The van der Waals surface area contributed by atoms with Gasteiger partial charge in [0, 0.05) is 11.4 Å². The number of halogens is 1. The Morgan fingerprint density at radius 1 is 1.53 bits per heavy atom. The van der Waals surface area contributed by atoms with E-state index in [1.165, 1.54) is 24.5 Å². The molecule has 0 N–H and O–H groups in total. The first-order chi connectivity index (χ1) is 7.15. The van der Waals surface area contributed by atoms with E-state index in [0.29, 0.717) is 20.9 Å². The zero-order chi connectivity index (χ0) is 11.0. The molecule has 0 radical (unpaired) electrons. The second-order valence-electron chi connectivity index (χ2n) is 2.83. The predicted octanol–water partition coefficient (Wildman–Crippen LogP) is 3.47. The van der Waals surface area contributed by atoms with Crippen LogP contribution in [0.5, 0.6) is 5.75 Å². The zero-order valence-electron chi connectivity index (χ0n) is 7.69. The maximum absolute atomic E-state index is 10.8. The van der Waals surface area contributed by atoms with Crippen molar-refractivity contribution in [2.75, 3.05) is 7.11 Å². The molecule has 1 aromatic carbocycles. The molecule has 1 heterocycles. The molecule has 15 heavy (non-hydrogen) atoms. The Morgan fingerprint density at radius 3 is 2.87 bits per heavy atom. The Kier molecular flexibility index (Phi) is 2.50. The van der Waals surface area contributed by atoms with E-state index in [1.807, 2.05) is 0 Å². The van der Waals surface area contributed by atoms with Gasteiger partial charge in [-0.1, -0.05) is 11.6 Å². The van der Waals surface area contributed by atoms with Gasteiger partial charge in [0.15, 0.2) is 0 Å². The summed E-state index contributed by atoms with van der Waals surface area (Å²) >= 11 is 7.19. The molecule has 2 aromatic rings. The SMILES string of the molecule is COc1ccc([N+](=O)[O-])c2scc(Cl)c12. The molecule has 2 rings (SSSR count). The van der Waals surface area contributed by atoms with Crippen LogP contribution >= 0.6 is 22.9 Å². The number of nitro groups is 1. The van der Waals surface area contributed by atoms with Crippen LogP contribution in [0, 0.1) is 10.1 Å². The molecule has 0 aliphatic carbocycles. The van der Waals surface area contributed by atoms with Crippen LogP contribution in [-0.4, -0.2) is 12.0 Å². The second kappa shape index (κ2) is 3.67. The van der Waals surface area contributed by atoms with Crippen molar-refractivity contribution in [3.63, 3.8) is 0 Å². The van der Waals surface area contributed by atoms with Gasteiger partial charge in [-0.2, -0.15) is 0 Å². The van der Waals surface area contributed by atoms with Crippen LogP contribution in [0.1, 0.15) is 0 Å². The van der Waals surface area contributed by atoms with Crippen LogP contribution in [0.4, 0.5) is 5.69 Å². The highest BCUT2D eigenvalue weighted by Gasteiger charge is 2.18. The lowest BCUT2D eigenvalue weighted by Gasteiger charge is -2.02. The first kappa shape index (κ1) is 10.2. The van der Waals surface area contributed by atoms with Crippen molar-refractivity contribution in [3.8, 4) is 5.75 Å². The second-order valence-corrected chi connectivity index (χ2v) is 4.12. The number of nitro benzene ring substituents is 1. The maximum Gasteiger partial charge on any atom is 0.287 e. The van der Waals surface area contributed by atoms with Gasteiger partial charge in [-0.15, -0.1) is 11.3 Å². The number of non-ortho nitro benzene ring substituents is 1. The van der Waals surface area contributed by atoms with Crippen LogP contribution in [0.15, 0.2) is 17.5 Å². The molecular formula is C9H6ClNO3S. The topological polar surface area (TPSA) is 52.4 Å². The molecule has 0 saturated heterocycles. The van der Waals surface area contributed by atoms with Crippen LogP contribution in [0.25, 0.3) is 10.1 Å². The molecule has 0 atom stereocenters. The number of rotatable bonds is 2. The van der Waals surface area contributed by atoms with E-state index in [-0.39, 0.29) is 5.69 Å². The van der Waals surface area contributed by atoms with E-state index < -0.39 is 4.92 Å². The largest absolute Gasteiger partial charge is 0.496 e. The summed E-state index contributed by atoms with van der Waals surface area (Å²) in [6.07, 6.45) is 0. The summed E-state index contributed by atoms with van der Waals surface area (Å²) in [6.45, 7) is 0. The highest BCUT2D eigenvalue weighted by Crippen LogP contribution is 2.41. The maximum atomic E-state index is 10.8. The quantitative estimate of drug-likeness (QED) is 0.599. The van der Waals surface area contributed by atoms with E-state index in [4.69, 9.17) is 16.3 Å². The standard InChI is InChI=1S/C9H6ClNO3S/c1-14-7-3-2-6(11(12)13)9-8(7)5(10)4-15-9/h2-4H,1H3. The number of ether oxygens (including phenoxy) is 1. The summed E-state index contributed by atoms with van der Waals surface area (Å²) in [5.74, 6) is 0.557. The monoisotopic (exact) mass is 243 g/mol. The van der Waals surface area contributed by atoms with Crippen LogP contribution in [-0.2, 0) is 0 Å². The fourth-order valence-electron chi connectivity index (χ4n) is 1.38. The molecular weight excluding hydrogens is 238 g/mol. The molecule has 0 aliphatic rings. The number of hydrogen-bond acceptors (Lipinski definition) is 4. The molecule has 1 aromatic heterocycles. The van der Waals surface area contributed by atoms with Gasteiger partial charge in [0.05, 0.1) is 22.4 Å². The Morgan fingerprint density at radius 2 is 2.27 bits per heavy atom. The van der Waals surface area contributed by atoms with Crippen LogP contribution in [0.2, 0.25) is 5.02 Å². The van der Waals surface area contributed by atoms with Gasteiger partial charge in [0.1, 0.15) is 10.4 Å². The molecule has 78 valence electrons. The number of methoxy groups -OCH3 is 1. The fourth-order valence-corrected chi connectivity index (χ4v) is 2.69. The number of hydrogen-bond donors (Lipinski definition) is 0. The van der Waals surface area contributed by atoms with E-state index in [0.717, 1.165) is 0 Å². The average molecular weight is 244 g/mol. The zero-order valence-corrected chi connectivity index (χ0v) is 9.26. The molecule has 0 unspecified atom stereocenters. The predicted molar refractivity (Wildman–Crippen MR) is 60.0 cm³/mol. The number of fused-ring (bicyclic) bond motifs is 1. The minimum atomic E-state index is -0.422. The smallest absolute Gasteiger partial charge is 0.287 e. The third-order valence-corrected chi connectivity index (χ3v) is 3.46. The molecule has 0 fully saturated rings. The van der Waals surface area contributed by atoms with Gasteiger partial charge in [-0.05, 0) is 6.07 Å². The van der Waals surface area contributed by atoms with Gasteiger partial charge < -0.3 is 4.74 Å². The summed E-state index contributed by atoms with van der Waals surface area (Å²) in [4.78, 5) is 10.3. The van der Waals surface area contributed by atoms with E-state index >= 15 is 0 Å². The molecule has 6 heteroatoms. The molecule has 0 aliphatic heterocycles. The molecule has 0 bridgehead atoms. The molecule has 0 amide bonds. The normalized spacial score (nSPS) is 10.5. The summed E-state index contributed by atoms with van der Waals surface area (Å²) < 4.78 is 5.65. The highest BCUT2D eigenvalue weighted by molar-refractivity contribution is 7.18. The fraction of sp³-hybridized carbons (Fsp3) is 0.111. The van der Waals surface area contributed by atoms with Crippen molar-refractivity contribution in [1.29, 1.82) is 0 Å². The molecule has 0 spiro atoms. The summed E-state index contributed by atoms with van der Waals surface area (Å²) in [6, 6.07) is 2.98. The minimum absolute atomic E-state index is 0.0581. The summed E-state index contributed by atoms with van der Waals surface area (Å²) in [7, 11) is 1.51. The Balaban J connectivity index is 2.85. The Labute approximate surface area is 94.2 Å². The van der Waals surface area contributed by atoms with Crippen molar-refractivity contribution in [3.05, 3.63) is 32.6 Å². The van der Waals surface area contributed by atoms with Gasteiger partial charge in [-0.3, -0.25) is 10.1 Å². The number of nitrogens with zero attached hydrogens (tertiary/aromatic N) is 1. The Hall–Kier alpha value is -1.33. The first-order valence-corrected chi connectivity index (χ1v) is 5.29. The van der Waals surface area contributed by atoms with Crippen molar-refractivity contribution < 1.29 is 9.66 Å². The van der Waals surface area contributed by atoms with Crippen molar-refractivity contribution in [2.24, 2.45) is 0 Å². The van der Waals surface area contributed by atoms with Gasteiger partial charge >= 0.3 is 0 Å². The number of thiophene rings is 1. The van der Waals surface area contributed by atoms with Crippen LogP contribution < -0.4 is 4.74 Å². The third-order valence-electron chi connectivity index (χ3n) is 2.03. The summed E-state index contributed by atoms with van der Waals surface area (Å²) in [5, 5.41) is 13.5. The lowest BCUT2D eigenvalue weighted by Crippen LogP contribution is -1.89. The van der Waals surface area contributed by atoms with Crippen LogP contribution in [0.3, 0.4) is 0 Å². The lowest BCUT2D eigenvalue weighted by atomic mass is 10.2. The van der Waals surface area contributed by atoms with E-state index in [2.05, 4.69) is 0 Å². The lowest BCUT2D eigenvalue weighted by molar-refractivity contribution is -0.382. The van der Waals surface area contributed by atoms with Gasteiger partial charge in [-0.25, -0.2) is 0 Å². The minimum Gasteiger partial charge on any atom is -0.496 e. The Bertz CT molecular complexity index is 537. The highest BCUT2D eigenvalue weighted by atomic mass is 35.5. The van der Waals surface area contributed by atoms with Crippen molar-refractivity contribution in [1.82, 2.24) is 0 Å². The molecule has 4 nitrogen and oxygen atoms in total. The van der Waals surface area contributed by atoms with Crippen molar-refractivity contribution >= 4 is 38.7 Å². The first-order valence-electron chi connectivity index (χ1n) is 4.03.